The lowest BCUT2D eigenvalue weighted by molar-refractivity contribution is -0.139. The van der Waals surface area contributed by atoms with Crippen LogP contribution in [0.3, 0.4) is 0 Å². The van der Waals surface area contributed by atoms with E-state index in [4.69, 9.17) is 9.84 Å². The molecule has 0 radical (unpaired) electrons. The Morgan fingerprint density at radius 3 is 2.15 bits per heavy atom. The summed E-state index contributed by atoms with van der Waals surface area (Å²) in [5.74, 6) is -0.829. The number of alkyl carbamates (subject to hydrolysis) is 1. The third-order valence-corrected chi connectivity index (χ3v) is 7.00. The minimum atomic E-state index is -0.847. The van der Waals surface area contributed by atoms with Crippen LogP contribution in [0.15, 0.2) is 48.5 Å². The number of nitrogens with one attached hydrogen (secondary N) is 1. The molecule has 0 aromatic heterocycles. The Morgan fingerprint density at radius 2 is 1.56 bits per heavy atom. The summed E-state index contributed by atoms with van der Waals surface area (Å²) in [6.45, 7) is 0.734. The van der Waals surface area contributed by atoms with Gasteiger partial charge in [-0.15, -0.1) is 0 Å². The van der Waals surface area contributed by atoms with Crippen molar-refractivity contribution in [3.63, 3.8) is 0 Å². The molecule has 180 valence electrons. The third kappa shape index (κ3) is 5.41. The van der Waals surface area contributed by atoms with E-state index in [0.29, 0.717) is 25.8 Å². The van der Waals surface area contributed by atoms with Crippen LogP contribution >= 0.6 is 0 Å². The van der Waals surface area contributed by atoms with Gasteiger partial charge in [-0.25, -0.2) is 4.79 Å². The molecule has 2 aliphatic rings. The Labute approximate surface area is 200 Å². The molecular formula is C27H32N2O5. The Bertz CT molecular complexity index is 999. The number of carboxylic acids is 1. The maximum absolute atomic E-state index is 12.6. The van der Waals surface area contributed by atoms with Crippen molar-refractivity contribution < 1.29 is 24.2 Å². The van der Waals surface area contributed by atoms with Crippen LogP contribution in [0.5, 0.6) is 0 Å². The molecule has 2 N–H and O–H groups in total. The van der Waals surface area contributed by atoms with Crippen molar-refractivity contribution in [2.45, 2.75) is 50.5 Å². The van der Waals surface area contributed by atoms with Gasteiger partial charge < -0.3 is 20.1 Å². The van der Waals surface area contributed by atoms with Gasteiger partial charge in [0.05, 0.1) is 0 Å². The molecule has 0 spiro atoms. The minimum Gasteiger partial charge on any atom is -0.481 e. The quantitative estimate of drug-likeness (QED) is 0.603. The van der Waals surface area contributed by atoms with Gasteiger partial charge in [-0.1, -0.05) is 48.5 Å². The number of amides is 2. The van der Waals surface area contributed by atoms with Gasteiger partial charge in [-0.3, -0.25) is 9.59 Å². The largest absolute Gasteiger partial charge is 0.481 e. The number of fused-ring (bicyclic) bond motifs is 3. The third-order valence-electron chi connectivity index (χ3n) is 7.00. The topological polar surface area (TPSA) is 95.9 Å². The molecule has 7 heteroatoms. The molecule has 4 rings (SSSR count). The summed E-state index contributed by atoms with van der Waals surface area (Å²) in [5, 5.41) is 11.7. The van der Waals surface area contributed by atoms with E-state index in [-0.39, 0.29) is 36.8 Å². The maximum atomic E-state index is 12.6. The van der Waals surface area contributed by atoms with Crippen molar-refractivity contribution in [3.05, 3.63) is 59.7 Å². The number of hydrogen-bond donors (Lipinski definition) is 2. The van der Waals surface area contributed by atoms with E-state index in [1.807, 2.05) is 24.3 Å². The zero-order chi connectivity index (χ0) is 24.1. The van der Waals surface area contributed by atoms with E-state index >= 15 is 0 Å². The van der Waals surface area contributed by atoms with Crippen molar-refractivity contribution in [1.29, 1.82) is 0 Å². The molecule has 7 nitrogen and oxygen atoms in total. The number of carboxylic acid groups (broad SMARTS) is 1. The number of ether oxygens (including phenoxy) is 1. The van der Waals surface area contributed by atoms with E-state index in [2.05, 4.69) is 29.6 Å². The predicted molar refractivity (Wildman–Crippen MR) is 128 cm³/mol. The van der Waals surface area contributed by atoms with Crippen LogP contribution in [0.1, 0.15) is 55.6 Å². The Hall–Kier alpha value is -3.35. The first-order valence-electron chi connectivity index (χ1n) is 12.0. The van der Waals surface area contributed by atoms with Crippen LogP contribution in [0.4, 0.5) is 4.79 Å². The first-order valence-corrected chi connectivity index (χ1v) is 12.0. The van der Waals surface area contributed by atoms with Crippen LogP contribution in [-0.2, 0) is 14.3 Å². The molecule has 0 aliphatic heterocycles. The lowest BCUT2D eigenvalue weighted by Crippen LogP contribution is -2.42. The summed E-state index contributed by atoms with van der Waals surface area (Å²) in [7, 11) is 1.73. The van der Waals surface area contributed by atoms with E-state index in [1.54, 1.807) is 11.9 Å². The lowest BCUT2D eigenvalue weighted by Gasteiger charge is -2.30. The highest BCUT2D eigenvalue weighted by Crippen LogP contribution is 2.44. The molecule has 1 fully saturated rings. The predicted octanol–water partition coefficient (Wildman–Crippen LogP) is 4.41. The molecule has 2 aliphatic carbocycles. The smallest absolute Gasteiger partial charge is 0.407 e. The fourth-order valence-electron chi connectivity index (χ4n) is 5.18. The van der Waals surface area contributed by atoms with E-state index in [9.17, 15) is 14.4 Å². The van der Waals surface area contributed by atoms with Crippen molar-refractivity contribution >= 4 is 18.0 Å². The number of hydrogen-bond acceptors (Lipinski definition) is 4. The minimum absolute atomic E-state index is 0.00276. The zero-order valence-corrected chi connectivity index (χ0v) is 19.5. The summed E-state index contributed by atoms with van der Waals surface area (Å²) >= 11 is 0. The van der Waals surface area contributed by atoms with Crippen molar-refractivity contribution in [2.24, 2.45) is 5.92 Å². The number of carbonyl (C=O) groups is 3. The van der Waals surface area contributed by atoms with Gasteiger partial charge >= 0.3 is 12.1 Å². The van der Waals surface area contributed by atoms with E-state index < -0.39 is 12.1 Å². The number of nitrogens with zero attached hydrogens (tertiary/aromatic N) is 1. The van der Waals surface area contributed by atoms with Gasteiger partial charge in [0.25, 0.3) is 0 Å². The molecule has 2 aromatic carbocycles. The monoisotopic (exact) mass is 464 g/mol. The number of rotatable bonds is 8. The molecule has 0 saturated heterocycles. The Kier molecular flexibility index (Phi) is 7.50. The molecule has 1 saturated carbocycles. The van der Waals surface area contributed by atoms with Gasteiger partial charge in [0.2, 0.25) is 5.91 Å². The molecule has 0 atom stereocenters. The molecule has 0 unspecified atom stereocenters. The van der Waals surface area contributed by atoms with Crippen molar-refractivity contribution in [3.8, 4) is 11.1 Å². The van der Waals surface area contributed by atoms with E-state index in [0.717, 1.165) is 12.8 Å². The van der Waals surface area contributed by atoms with Gasteiger partial charge in [-0.05, 0) is 54.4 Å². The van der Waals surface area contributed by atoms with Gasteiger partial charge in [0.1, 0.15) is 6.61 Å². The zero-order valence-electron chi connectivity index (χ0n) is 19.5. The fourth-order valence-corrected chi connectivity index (χ4v) is 5.18. The summed E-state index contributed by atoms with van der Waals surface area (Å²) in [6, 6.07) is 16.5. The summed E-state index contributed by atoms with van der Waals surface area (Å²) in [5.41, 5.74) is 4.76. The second-order valence-electron chi connectivity index (χ2n) is 9.28. The van der Waals surface area contributed by atoms with Crippen LogP contribution in [0.2, 0.25) is 0 Å². The average Bonchev–Trinajstić information content (AvgIpc) is 3.16. The summed E-state index contributed by atoms with van der Waals surface area (Å²) in [4.78, 5) is 37.4. The second-order valence-corrected chi connectivity index (χ2v) is 9.28. The maximum Gasteiger partial charge on any atom is 0.407 e. The van der Waals surface area contributed by atoms with Crippen LogP contribution < -0.4 is 5.32 Å². The molecule has 0 heterocycles. The lowest BCUT2D eigenvalue weighted by atomic mass is 9.85. The number of carbonyl (C=O) groups excluding carboxylic acids is 2. The average molecular weight is 465 g/mol. The Balaban J connectivity index is 1.23. The summed E-state index contributed by atoms with van der Waals surface area (Å²) in [6.07, 6.45) is 2.97. The summed E-state index contributed by atoms with van der Waals surface area (Å²) < 4.78 is 5.65. The number of aliphatic carboxylic acids is 1. The normalized spacial score (nSPS) is 19.1. The SMILES string of the molecule is CN(CCCC(=O)O)C(=O)C1CCC(NC(=O)OCC2c3ccccc3-c3ccccc32)CC1. The second kappa shape index (κ2) is 10.7. The highest BCUT2D eigenvalue weighted by Gasteiger charge is 2.31. The van der Waals surface area contributed by atoms with Crippen LogP contribution in [-0.4, -0.2) is 54.2 Å². The molecule has 34 heavy (non-hydrogen) atoms. The van der Waals surface area contributed by atoms with Crippen molar-refractivity contribution in [2.75, 3.05) is 20.2 Å². The molecular weight excluding hydrogens is 432 g/mol. The van der Waals surface area contributed by atoms with Crippen LogP contribution in [0.25, 0.3) is 11.1 Å². The van der Waals surface area contributed by atoms with Gasteiger partial charge in [0.15, 0.2) is 0 Å². The van der Waals surface area contributed by atoms with Gasteiger partial charge in [0, 0.05) is 37.9 Å². The standard InChI is InChI=1S/C27H32N2O5/c1-29(16-6-11-25(30)31)26(32)18-12-14-19(15-13-18)28-27(33)34-17-24-22-9-4-2-7-20(22)21-8-3-5-10-23(21)24/h2-5,7-10,18-19,24H,6,11-17H2,1H3,(H,28,33)(H,30,31). The fraction of sp³-hybridized carbons (Fsp3) is 0.444. The first kappa shape index (κ1) is 23.8. The van der Waals surface area contributed by atoms with E-state index in [1.165, 1.54) is 22.3 Å². The molecule has 0 bridgehead atoms. The molecule has 2 aromatic rings. The van der Waals surface area contributed by atoms with Crippen LogP contribution in [0, 0.1) is 5.92 Å². The molecule has 2 amide bonds. The highest BCUT2D eigenvalue weighted by molar-refractivity contribution is 5.79. The van der Waals surface area contributed by atoms with Crippen molar-refractivity contribution in [1.82, 2.24) is 10.2 Å². The Morgan fingerprint density at radius 1 is 0.971 bits per heavy atom. The highest BCUT2D eigenvalue weighted by atomic mass is 16.5. The number of benzene rings is 2. The van der Waals surface area contributed by atoms with Gasteiger partial charge in [-0.2, -0.15) is 0 Å². The first-order chi connectivity index (χ1) is 16.4.